The van der Waals surface area contributed by atoms with E-state index >= 15 is 0 Å². The summed E-state index contributed by atoms with van der Waals surface area (Å²) in [6.07, 6.45) is 0. The molecule has 0 fully saturated rings. The number of amides is 1. The van der Waals surface area contributed by atoms with Crippen LogP contribution >= 0.6 is 23.2 Å². The SMILES string of the molecule is Cc1ccc(Cl)cc1NC(=O)c1cc([N+](=O)[O-])cc([N+](=O)[O-])c1Cl. The first-order chi connectivity index (χ1) is 11.2. The van der Waals surface area contributed by atoms with Crippen molar-refractivity contribution in [2.75, 3.05) is 5.32 Å². The summed E-state index contributed by atoms with van der Waals surface area (Å²) in [5.41, 5.74) is -0.670. The lowest BCUT2D eigenvalue weighted by atomic mass is 10.1. The van der Waals surface area contributed by atoms with Gasteiger partial charge >= 0.3 is 0 Å². The molecule has 0 aliphatic rings. The molecule has 0 saturated heterocycles. The van der Waals surface area contributed by atoms with Gasteiger partial charge in [0.15, 0.2) is 0 Å². The molecule has 2 aromatic rings. The third-order valence-corrected chi connectivity index (χ3v) is 3.77. The summed E-state index contributed by atoms with van der Waals surface area (Å²) in [7, 11) is 0. The molecule has 0 aliphatic heterocycles. The van der Waals surface area contributed by atoms with Gasteiger partial charge in [-0.3, -0.25) is 25.0 Å². The number of non-ortho nitro benzene ring substituents is 1. The Bertz CT molecular complexity index is 870. The molecule has 0 aromatic heterocycles. The number of carbonyl (C=O) groups excluding carboxylic acids is 1. The fourth-order valence-electron chi connectivity index (χ4n) is 1.92. The summed E-state index contributed by atoms with van der Waals surface area (Å²) in [5.74, 6) is -0.822. The molecule has 0 saturated carbocycles. The molecule has 0 spiro atoms. The molecule has 8 nitrogen and oxygen atoms in total. The number of benzene rings is 2. The van der Waals surface area contributed by atoms with Crippen LogP contribution in [0.4, 0.5) is 17.1 Å². The molecule has 2 aromatic carbocycles. The minimum atomic E-state index is -0.892. The number of nitrogens with one attached hydrogen (secondary N) is 1. The van der Waals surface area contributed by atoms with Gasteiger partial charge in [-0.25, -0.2) is 0 Å². The number of aryl methyl sites for hydroxylation is 1. The van der Waals surface area contributed by atoms with Crippen LogP contribution in [0.5, 0.6) is 0 Å². The van der Waals surface area contributed by atoms with Gasteiger partial charge in [-0.05, 0) is 24.6 Å². The first-order valence-electron chi connectivity index (χ1n) is 6.40. The fourth-order valence-corrected chi connectivity index (χ4v) is 2.35. The Morgan fingerprint density at radius 1 is 1.08 bits per heavy atom. The smallest absolute Gasteiger partial charge is 0.295 e. The molecule has 24 heavy (non-hydrogen) atoms. The topological polar surface area (TPSA) is 115 Å². The number of nitrogens with zero attached hydrogens (tertiary/aromatic N) is 2. The molecule has 0 heterocycles. The van der Waals surface area contributed by atoms with Gasteiger partial charge in [0.1, 0.15) is 5.02 Å². The van der Waals surface area contributed by atoms with E-state index in [1.165, 1.54) is 6.07 Å². The summed E-state index contributed by atoms with van der Waals surface area (Å²) in [4.78, 5) is 32.5. The van der Waals surface area contributed by atoms with Crippen molar-refractivity contribution in [3.8, 4) is 0 Å². The minimum Gasteiger partial charge on any atom is -0.322 e. The monoisotopic (exact) mass is 369 g/mol. The normalized spacial score (nSPS) is 10.3. The van der Waals surface area contributed by atoms with Crippen LogP contribution < -0.4 is 5.32 Å². The van der Waals surface area contributed by atoms with Gasteiger partial charge in [-0.1, -0.05) is 29.3 Å². The van der Waals surface area contributed by atoms with Gasteiger partial charge in [0, 0.05) is 16.8 Å². The lowest BCUT2D eigenvalue weighted by molar-refractivity contribution is -0.394. The third kappa shape index (κ3) is 3.61. The standard InChI is InChI=1S/C14H9Cl2N3O5/c1-7-2-3-8(15)4-11(7)17-14(20)10-5-9(18(21)22)6-12(13(10)16)19(23)24/h2-6H,1H3,(H,17,20). The average Bonchev–Trinajstić information content (AvgIpc) is 2.50. The molecule has 0 radical (unpaired) electrons. The summed E-state index contributed by atoms with van der Waals surface area (Å²) >= 11 is 11.7. The predicted octanol–water partition coefficient (Wildman–Crippen LogP) is 4.37. The Morgan fingerprint density at radius 2 is 1.75 bits per heavy atom. The summed E-state index contributed by atoms with van der Waals surface area (Å²) < 4.78 is 0. The van der Waals surface area contributed by atoms with E-state index in [0.29, 0.717) is 22.3 Å². The van der Waals surface area contributed by atoms with Crippen molar-refractivity contribution in [1.29, 1.82) is 0 Å². The van der Waals surface area contributed by atoms with E-state index in [1.54, 1.807) is 19.1 Å². The first-order valence-corrected chi connectivity index (χ1v) is 7.16. The van der Waals surface area contributed by atoms with Crippen molar-refractivity contribution in [2.24, 2.45) is 0 Å². The van der Waals surface area contributed by atoms with Crippen molar-refractivity contribution in [1.82, 2.24) is 0 Å². The molecule has 0 atom stereocenters. The quantitative estimate of drug-likeness (QED) is 0.634. The zero-order valence-corrected chi connectivity index (χ0v) is 13.6. The molecular formula is C14H9Cl2N3O5. The highest BCUT2D eigenvalue weighted by Gasteiger charge is 2.26. The molecular weight excluding hydrogens is 361 g/mol. The molecule has 0 unspecified atom stereocenters. The van der Waals surface area contributed by atoms with Crippen molar-refractivity contribution >= 4 is 46.2 Å². The van der Waals surface area contributed by atoms with E-state index in [1.807, 2.05) is 0 Å². The van der Waals surface area contributed by atoms with Gasteiger partial charge in [-0.15, -0.1) is 0 Å². The van der Waals surface area contributed by atoms with Crippen LogP contribution in [-0.2, 0) is 0 Å². The van der Waals surface area contributed by atoms with Gasteiger partial charge < -0.3 is 5.32 Å². The van der Waals surface area contributed by atoms with Crippen LogP contribution in [0.3, 0.4) is 0 Å². The molecule has 1 N–H and O–H groups in total. The maximum absolute atomic E-state index is 12.4. The van der Waals surface area contributed by atoms with Crippen LogP contribution in [0.25, 0.3) is 0 Å². The molecule has 0 bridgehead atoms. The van der Waals surface area contributed by atoms with E-state index in [2.05, 4.69) is 5.32 Å². The van der Waals surface area contributed by atoms with Crippen molar-refractivity contribution < 1.29 is 14.6 Å². The van der Waals surface area contributed by atoms with Crippen LogP contribution in [-0.4, -0.2) is 15.8 Å². The Hall–Kier alpha value is -2.71. The van der Waals surface area contributed by atoms with Crippen molar-refractivity contribution in [3.05, 3.63) is 71.7 Å². The van der Waals surface area contributed by atoms with Crippen LogP contribution in [0.1, 0.15) is 15.9 Å². The largest absolute Gasteiger partial charge is 0.322 e. The van der Waals surface area contributed by atoms with E-state index in [9.17, 15) is 25.0 Å². The van der Waals surface area contributed by atoms with Crippen LogP contribution in [0, 0.1) is 27.2 Å². The molecule has 0 aliphatic carbocycles. The highest BCUT2D eigenvalue weighted by Crippen LogP contribution is 2.33. The molecule has 2 rings (SSSR count). The summed E-state index contributed by atoms with van der Waals surface area (Å²) in [6.45, 7) is 1.71. The second-order valence-corrected chi connectivity index (χ2v) is 5.57. The van der Waals surface area contributed by atoms with Gasteiger partial charge in [-0.2, -0.15) is 0 Å². The number of nitro benzene ring substituents is 2. The summed E-state index contributed by atoms with van der Waals surface area (Å²) in [5, 5.41) is 24.3. The Morgan fingerprint density at radius 3 is 2.33 bits per heavy atom. The lowest BCUT2D eigenvalue weighted by Crippen LogP contribution is -2.14. The summed E-state index contributed by atoms with van der Waals surface area (Å²) in [6, 6.07) is 6.34. The molecule has 10 heteroatoms. The fraction of sp³-hybridized carbons (Fsp3) is 0.0714. The van der Waals surface area contributed by atoms with Crippen LogP contribution in [0.15, 0.2) is 30.3 Å². The Kier molecular flexibility index (Phi) is 5.01. The van der Waals surface area contributed by atoms with Gasteiger partial charge in [0.2, 0.25) is 0 Å². The predicted molar refractivity (Wildman–Crippen MR) is 88.9 cm³/mol. The number of halogens is 2. The maximum atomic E-state index is 12.4. The van der Waals surface area contributed by atoms with E-state index in [-0.39, 0.29) is 5.56 Å². The average molecular weight is 370 g/mol. The van der Waals surface area contributed by atoms with E-state index < -0.39 is 32.2 Å². The first kappa shape index (κ1) is 17.6. The lowest BCUT2D eigenvalue weighted by Gasteiger charge is -2.10. The zero-order chi connectivity index (χ0) is 18.0. The number of hydrogen-bond acceptors (Lipinski definition) is 5. The highest BCUT2D eigenvalue weighted by atomic mass is 35.5. The van der Waals surface area contributed by atoms with Crippen LogP contribution in [0.2, 0.25) is 10.0 Å². The minimum absolute atomic E-state index is 0.359. The number of nitro groups is 2. The second-order valence-electron chi connectivity index (χ2n) is 4.75. The molecule has 124 valence electrons. The second kappa shape index (κ2) is 6.81. The van der Waals surface area contributed by atoms with Gasteiger partial charge in [0.05, 0.1) is 21.5 Å². The zero-order valence-electron chi connectivity index (χ0n) is 12.1. The highest BCUT2D eigenvalue weighted by molar-refractivity contribution is 6.36. The Balaban J connectivity index is 2.50. The van der Waals surface area contributed by atoms with Crippen molar-refractivity contribution in [3.63, 3.8) is 0 Å². The Labute approximate surface area is 145 Å². The number of anilines is 1. The maximum Gasteiger partial charge on any atom is 0.295 e. The third-order valence-electron chi connectivity index (χ3n) is 3.14. The van der Waals surface area contributed by atoms with E-state index in [0.717, 1.165) is 6.07 Å². The number of hydrogen-bond donors (Lipinski definition) is 1. The van der Waals surface area contributed by atoms with E-state index in [4.69, 9.17) is 23.2 Å². The van der Waals surface area contributed by atoms with Crippen molar-refractivity contribution in [2.45, 2.75) is 6.92 Å². The number of carbonyl (C=O) groups is 1. The number of rotatable bonds is 4. The molecule has 1 amide bonds. The van der Waals surface area contributed by atoms with Gasteiger partial charge in [0.25, 0.3) is 17.3 Å².